The Morgan fingerprint density at radius 1 is 1.20 bits per heavy atom. The van der Waals surface area contributed by atoms with E-state index in [4.69, 9.17) is 4.74 Å². The molecule has 0 radical (unpaired) electrons. The van der Waals surface area contributed by atoms with Crippen molar-refractivity contribution in [2.24, 2.45) is 5.92 Å². The fraction of sp³-hybridized carbons (Fsp3) is 0.706. The van der Waals surface area contributed by atoms with Gasteiger partial charge in [-0.15, -0.1) is 0 Å². The van der Waals surface area contributed by atoms with Crippen LogP contribution in [0.5, 0.6) is 0 Å². The molecule has 0 heterocycles. The first-order valence-electron chi connectivity index (χ1n) is 7.88. The summed E-state index contributed by atoms with van der Waals surface area (Å²) in [4.78, 5) is 11.7. The Hall–Kier alpha value is -1.25. The van der Waals surface area contributed by atoms with Crippen molar-refractivity contribution in [3.8, 4) is 0 Å². The fourth-order valence-electron chi connectivity index (χ4n) is 2.64. The van der Waals surface area contributed by atoms with Gasteiger partial charge in [0.15, 0.2) is 0 Å². The van der Waals surface area contributed by atoms with Gasteiger partial charge in [0.2, 0.25) is 0 Å². The van der Waals surface area contributed by atoms with Gasteiger partial charge < -0.3 is 9.84 Å². The molecular formula is C17H28O3. The second-order valence-corrected chi connectivity index (χ2v) is 5.61. The predicted octanol–water partition coefficient (Wildman–Crippen LogP) is 4.69. The second-order valence-electron chi connectivity index (χ2n) is 5.61. The van der Waals surface area contributed by atoms with E-state index in [-0.39, 0.29) is 5.97 Å². The van der Waals surface area contributed by atoms with Crippen LogP contribution in [0.1, 0.15) is 65.2 Å². The largest absolute Gasteiger partial charge is 0.512 e. The zero-order valence-electron chi connectivity index (χ0n) is 12.9. The van der Waals surface area contributed by atoms with Gasteiger partial charge in [-0.25, -0.2) is 0 Å². The van der Waals surface area contributed by atoms with Gasteiger partial charge in [0, 0.05) is 6.42 Å². The summed E-state index contributed by atoms with van der Waals surface area (Å²) in [5, 5.41) is 9.26. The molecule has 1 aliphatic carbocycles. The van der Waals surface area contributed by atoms with Crippen LogP contribution in [0.15, 0.2) is 23.5 Å². The number of hydrogen-bond donors (Lipinski definition) is 1. The SMILES string of the molecule is CCCC(CCC)CCOC(=O)CC1=CC=C(O)CC1. The molecule has 1 N–H and O–H groups in total. The topological polar surface area (TPSA) is 46.5 Å². The van der Waals surface area contributed by atoms with Gasteiger partial charge in [0.05, 0.1) is 18.8 Å². The highest BCUT2D eigenvalue weighted by atomic mass is 16.5. The summed E-state index contributed by atoms with van der Waals surface area (Å²) in [6.07, 6.45) is 11.1. The highest BCUT2D eigenvalue weighted by Gasteiger charge is 2.12. The molecule has 0 spiro atoms. The lowest BCUT2D eigenvalue weighted by Gasteiger charge is -2.15. The Morgan fingerprint density at radius 3 is 2.45 bits per heavy atom. The molecule has 114 valence electrons. The van der Waals surface area contributed by atoms with Crippen LogP contribution in [0.3, 0.4) is 0 Å². The lowest BCUT2D eigenvalue weighted by molar-refractivity contribution is -0.143. The first-order valence-corrected chi connectivity index (χ1v) is 7.88. The minimum atomic E-state index is -0.141. The molecule has 3 nitrogen and oxygen atoms in total. The van der Waals surface area contributed by atoms with Crippen LogP contribution in [0.4, 0.5) is 0 Å². The number of carbonyl (C=O) groups is 1. The van der Waals surface area contributed by atoms with Crippen molar-refractivity contribution in [1.82, 2.24) is 0 Å². The van der Waals surface area contributed by atoms with Crippen LogP contribution in [0.2, 0.25) is 0 Å². The van der Waals surface area contributed by atoms with E-state index in [1.807, 2.05) is 6.08 Å². The van der Waals surface area contributed by atoms with E-state index in [0.717, 1.165) is 18.4 Å². The van der Waals surface area contributed by atoms with E-state index in [2.05, 4.69) is 13.8 Å². The first kappa shape index (κ1) is 16.8. The average molecular weight is 280 g/mol. The molecule has 0 aromatic rings. The third-order valence-electron chi connectivity index (χ3n) is 3.77. The highest BCUT2D eigenvalue weighted by molar-refractivity contribution is 5.72. The molecule has 0 atom stereocenters. The van der Waals surface area contributed by atoms with Crippen LogP contribution >= 0.6 is 0 Å². The molecule has 0 amide bonds. The number of aliphatic hydroxyl groups is 1. The molecule has 20 heavy (non-hydrogen) atoms. The number of allylic oxidation sites excluding steroid dienone is 3. The van der Waals surface area contributed by atoms with Crippen LogP contribution in [-0.4, -0.2) is 17.7 Å². The molecule has 0 saturated heterocycles. The monoisotopic (exact) mass is 280 g/mol. The Balaban J connectivity index is 2.22. The van der Waals surface area contributed by atoms with Crippen molar-refractivity contribution in [3.05, 3.63) is 23.5 Å². The molecule has 0 unspecified atom stereocenters. The van der Waals surface area contributed by atoms with Crippen molar-refractivity contribution in [3.63, 3.8) is 0 Å². The zero-order valence-corrected chi connectivity index (χ0v) is 12.9. The van der Waals surface area contributed by atoms with Crippen LogP contribution in [0.25, 0.3) is 0 Å². The minimum Gasteiger partial charge on any atom is -0.512 e. The average Bonchev–Trinajstić information content (AvgIpc) is 2.42. The van der Waals surface area contributed by atoms with Gasteiger partial charge in [0.25, 0.3) is 0 Å². The molecule has 1 aliphatic rings. The molecule has 0 aliphatic heterocycles. The lowest BCUT2D eigenvalue weighted by atomic mass is 9.95. The van der Waals surface area contributed by atoms with E-state index in [1.165, 1.54) is 25.7 Å². The van der Waals surface area contributed by atoms with Crippen molar-refractivity contribution in [2.75, 3.05) is 6.61 Å². The molecule has 0 aromatic carbocycles. The highest BCUT2D eigenvalue weighted by Crippen LogP contribution is 2.20. The van der Waals surface area contributed by atoms with E-state index in [0.29, 0.717) is 31.1 Å². The van der Waals surface area contributed by atoms with Crippen molar-refractivity contribution < 1.29 is 14.6 Å². The number of rotatable bonds is 9. The van der Waals surface area contributed by atoms with E-state index >= 15 is 0 Å². The molecule has 0 saturated carbocycles. The number of esters is 1. The minimum absolute atomic E-state index is 0.141. The summed E-state index contributed by atoms with van der Waals surface area (Å²) in [7, 11) is 0. The third kappa shape index (κ3) is 6.78. The summed E-state index contributed by atoms with van der Waals surface area (Å²) in [6, 6.07) is 0. The van der Waals surface area contributed by atoms with Gasteiger partial charge in [-0.05, 0) is 24.8 Å². The molecular weight excluding hydrogens is 252 g/mol. The van der Waals surface area contributed by atoms with E-state index in [9.17, 15) is 9.90 Å². The number of aliphatic hydroxyl groups excluding tert-OH is 1. The molecule has 0 fully saturated rings. The Kier molecular flexibility index (Phi) is 8.08. The number of ether oxygens (including phenoxy) is 1. The summed E-state index contributed by atoms with van der Waals surface area (Å²) < 4.78 is 5.33. The Morgan fingerprint density at radius 2 is 1.90 bits per heavy atom. The maximum absolute atomic E-state index is 11.7. The fourth-order valence-corrected chi connectivity index (χ4v) is 2.64. The standard InChI is InChI=1S/C17H28O3/c1-3-5-14(6-4-2)11-12-20-17(19)13-15-7-9-16(18)10-8-15/h7,9,14,18H,3-6,8,10-13H2,1-2H3. The molecule has 0 aromatic heterocycles. The van der Waals surface area contributed by atoms with Gasteiger partial charge in [0.1, 0.15) is 0 Å². The smallest absolute Gasteiger partial charge is 0.309 e. The summed E-state index contributed by atoms with van der Waals surface area (Å²) in [5.74, 6) is 0.938. The molecule has 1 rings (SSSR count). The van der Waals surface area contributed by atoms with Crippen LogP contribution in [-0.2, 0) is 9.53 Å². The Bertz CT molecular complexity index is 349. The van der Waals surface area contributed by atoms with Crippen LogP contribution in [0, 0.1) is 5.92 Å². The second kappa shape index (κ2) is 9.62. The van der Waals surface area contributed by atoms with Gasteiger partial charge in [-0.3, -0.25) is 4.79 Å². The van der Waals surface area contributed by atoms with Crippen molar-refractivity contribution in [2.45, 2.75) is 65.2 Å². The quantitative estimate of drug-likeness (QED) is 0.623. The number of hydrogen-bond acceptors (Lipinski definition) is 3. The van der Waals surface area contributed by atoms with E-state index < -0.39 is 0 Å². The predicted molar refractivity (Wildman–Crippen MR) is 81.5 cm³/mol. The third-order valence-corrected chi connectivity index (χ3v) is 3.77. The maximum atomic E-state index is 11.7. The van der Waals surface area contributed by atoms with Gasteiger partial charge >= 0.3 is 5.97 Å². The molecule has 0 bridgehead atoms. The number of carbonyl (C=O) groups excluding carboxylic acids is 1. The van der Waals surface area contributed by atoms with Crippen molar-refractivity contribution >= 4 is 5.97 Å². The van der Waals surface area contributed by atoms with Gasteiger partial charge in [-0.2, -0.15) is 0 Å². The van der Waals surface area contributed by atoms with E-state index in [1.54, 1.807) is 6.08 Å². The summed E-state index contributed by atoms with van der Waals surface area (Å²) in [6.45, 7) is 4.94. The van der Waals surface area contributed by atoms with Gasteiger partial charge in [-0.1, -0.05) is 51.2 Å². The Labute approximate surface area is 122 Å². The lowest BCUT2D eigenvalue weighted by Crippen LogP contribution is -2.11. The van der Waals surface area contributed by atoms with Crippen molar-refractivity contribution in [1.29, 1.82) is 0 Å². The summed E-state index contributed by atoms with van der Waals surface area (Å²) in [5.41, 5.74) is 1.05. The summed E-state index contributed by atoms with van der Waals surface area (Å²) >= 11 is 0. The maximum Gasteiger partial charge on any atom is 0.309 e. The molecule has 3 heteroatoms. The zero-order chi connectivity index (χ0) is 14.8. The normalized spacial score (nSPS) is 14.9. The van der Waals surface area contributed by atoms with Crippen LogP contribution < -0.4 is 0 Å². The first-order chi connectivity index (χ1) is 9.65.